The summed E-state index contributed by atoms with van der Waals surface area (Å²) < 4.78 is 0. The molecule has 90 valence electrons. The first-order chi connectivity index (χ1) is 8.75. The minimum Gasteiger partial charge on any atom is -0.264 e. The van der Waals surface area contributed by atoms with Crippen molar-refractivity contribution in [2.75, 3.05) is 0 Å². The number of aromatic nitrogens is 1. The van der Waals surface area contributed by atoms with Crippen LogP contribution in [-0.2, 0) is 10.3 Å². The smallest absolute Gasteiger partial charge is 0.235 e. The maximum atomic E-state index is 10.6. The van der Waals surface area contributed by atoms with Gasteiger partial charge in [0.2, 0.25) is 6.08 Å². The number of aryl methyl sites for hydroxylation is 1. The van der Waals surface area contributed by atoms with Crippen molar-refractivity contribution in [3.63, 3.8) is 0 Å². The van der Waals surface area contributed by atoms with Gasteiger partial charge in [-0.2, -0.15) is 4.99 Å². The molecule has 0 radical (unpaired) electrons. The number of benzene rings is 1. The van der Waals surface area contributed by atoms with Gasteiger partial charge in [0, 0.05) is 17.8 Å². The van der Waals surface area contributed by atoms with Crippen LogP contribution in [-0.4, -0.2) is 11.1 Å². The Bertz CT molecular complexity index is 653. The van der Waals surface area contributed by atoms with Crippen LogP contribution in [0.15, 0.2) is 35.6 Å². The third-order valence-electron chi connectivity index (χ3n) is 3.94. The fourth-order valence-electron chi connectivity index (χ4n) is 2.68. The molecule has 2 aromatic rings. The first-order valence-electron chi connectivity index (χ1n) is 6.19. The number of hydrogen-bond acceptors (Lipinski definition) is 3. The predicted molar refractivity (Wildman–Crippen MR) is 70.1 cm³/mol. The lowest BCUT2D eigenvalue weighted by atomic mass is 9.72. The van der Waals surface area contributed by atoms with Gasteiger partial charge in [-0.05, 0) is 48.8 Å². The maximum Gasteiger partial charge on any atom is 0.235 e. The highest BCUT2D eigenvalue weighted by Gasteiger charge is 2.38. The summed E-state index contributed by atoms with van der Waals surface area (Å²) in [6.07, 6.45) is 8.45. The average molecular weight is 238 g/mol. The first kappa shape index (κ1) is 11.1. The molecule has 0 aliphatic heterocycles. The van der Waals surface area contributed by atoms with Gasteiger partial charge in [-0.15, -0.1) is 0 Å². The Morgan fingerprint density at radius 2 is 2.17 bits per heavy atom. The van der Waals surface area contributed by atoms with E-state index in [0.29, 0.717) is 0 Å². The Balaban J connectivity index is 2.16. The number of rotatable bonds is 2. The van der Waals surface area contributed by atoms with Gasteiger partial charge in [-0.1, -0.05) is 12.1 Å². The number of pyridine rings is 1. The second kappa shape index (κ2) is 4.04. The van der Waals surface area contributed by atoms with Gasteiger partial charge >= 0.3 is 0 Å². The van der Waals surface area contributed by atoms with Crippen molar-refractivity contribution >= 4 is 16.9 Å². The highest BCUT2D eigenvalue weighted by molar-refractivity contribution is 5.85. The van der Waals surface area contributed by atoms with Gasteiger partial charge in [-0.25, -0.2) is 4.79 Å². The molecule has 1 aromatic carbocycles. The molecule has 18 heavy (non-hydrogen) atoms. The van der Waals surface area contributed by atoms with Crippen molar-refractivity contribution in [3.05, 3.63) is 41.7 Å². The summed E-state index contributed by atoms with van der Waals surface area (Å²) >= 11 is 0. The van der Waals surface area contributed by atoms with E-state index in [0.717, 1.165) is 30.2 Å². The van der Waals surface area contributed by atoms with E-state index >= 15 is 0 Å². The van der Waals surface area contributed by atoms with E-state index in [4.69, 9.17) is 0 Å². The highest BCUT2D eigenvalue weighted by atomic mass is 16.1. The Labute approximate surface area is 106 Å². The van der Waals surface area contributed by atoms with Crippen molar-refractivity contribution < 1.29 is 4.79 Å². The van der Waals surface area contributed by atoms with Crippen LogP contribution in [0.5, 0.6) is 0 Å². The van der Waals surface area contributed by atoms with Crippen molar-refractivity contribution in [3.8, 4) is 0 Å². The van der Waals surface area contributed by atoms with Crippen LogP contribution in [0, 0.1) is 6.92 Å². The van der Waals surface area contributed by atoms with E-state index in [-0.39, 0.29) is 5.54 Å². The molecule has 3 rings (SSSR count). The molecule has 0 amide bonds. The van der Waals surface area contributed by atoms with Crippen LogP contribution in [0.4, 0.5) is 0 Å². The van der Waals surface area contributed by atoms with E-state index < -0.39 is 0 Å². The molecule has 0 saturated heterocycles. The zero-order valence-corrected chi connectivity index (χ0v) is 10.3. The van der Waals surface area contributed by atoms with E-state index in [2.05, 4.69) is 35.1 Å². The van der Waals surface area contributed by atoms with Crippen LogP contribution in [0.25, 0.3) is 10.8 Å². The Hall–Kier alpha value is -1.99. The largest absolute Gasteiger partial charge is 0.264 e. The normalized spacial score (nSPS) is 16.9. The van der Waals surface area contributed by atoms with Crippen molar-refractivity contribution in [1.82, 2.24) is 4.98 Å². The summed E-state index contributed by atoms with van der Waals surface area (Å²) in [4.78, 5) is 18.9. The van der Waals surface area contributed by atoms with Crippen LogP contribution in [0.2, 0.25) is 0 Å². The first-order valence-corrected chi connectivity index (χ1v) is 6.19. The molecular formula is C15H14N2O. The highest BCUT2D eigenvalue weighted by Crippen LogP contribution is 2.45. The third kappa shape index (κ3) is 1.56. The molecule has 1 aromatic heterocycles. The molecule has 1 aliphatic carbocycles. The van der Waals surface area contributed by atoms with Gasteiger partial charge in [0.15, 0.2) is 0 Å². The van der Waals surface area contributed by atoms with Crippen LogP contribution in [0.1, 0.15) is 30.4 Å². The van der Waals surface area contributed by atoms with Crippen molar-refractivity contribution in [2.45, 2.75) is 31.7 Å². The zero-order valence-electron chi connectivity index (χ0n) is 10.3. The average Bonchev–Trinajstić information content (AvgIpc) is 2.34. The Morgan fingerprint density at radius 1 is 1.33 bits per heavy atom. The van der Waals surface area contributed by atoms with Gasteiger partial charge in [0.25, 0.3) is 0 Å². The molecule has 1 saturated carbocycles. The van der Waals surface area contributed by atoms with Gasteiger partial charge in [-0.3, -0.25) is 4.98 Å². The molecule has 0 spiro atoms. The fraction of sp³-hybridized carbons (Fsp3) is 0.333. The lowest BCUT2D eigenvalue weighted by Crippen LogP contribution is -2.31. The number of hydrogen-bond donors (Lipinski definition) is 0. The van der Waals surface area contributed by atoms with Gasteiger partial charge in [0.1, 0.15) is 0 Å². The lowest BCUT2D eigenvalue weighted by Gasteiger charge is -2.37. The fourth-order valence-corrected chi connectivity index (χ4v) is 2.68. The number of nitrogens with zero attached hydrogens (tertiary/aromatic N) is 2. The van der Waals surface area contributed by atoms with E-state index in [9.17, 15) is 4.79 Å². The van der Waals surface area contributed by atoms with Gasteiger partial charge in [0.05, 0.1) is 5.54 Å². The molecule has 1 heterocycles. The number of aliphatic imine (C=N–C) groups is 1. The summed E-state index contributed by atoms with van der Waals surface area (Å²) in [6, 6.07) is 6.28. The lowest BCUT2D eigenvalue weighted by molar-refractivity contribution is 0.256. The minimum atomic E-state index is -0.320. The second-order valence-electron chi connectivity index (χ2n) is 4.98. The summed E-state index contributed by atoms with van der Waals surface area (Å²) in [7, 11) is 0. The summed E-state index contributed by atoms with van der Waals surface area (Å²) in [5.74, 6) is 0. The standard InChI is InChI=1S/C15H14N2O/c1-11-8-16-9-12-7-13(3-4-14(11)12)15(17-10-18)5-2-6-15/h3-4,7-9H,2,5-6H2,1H3. The van der Waals surface area contributed by atoms with Crippen molar-refractivity contribution in [2.24, 2.45) is 4.99 Å². The van der Waals surface area contributed by atoms with E-state index in [1.54, 1.807) is 6.08 Å². The van der Waals surface area contributed by atoms with Crippen LogP contribution in [0.3, 0.4) is 0 Å². The van der Waals surface area contributed by atoms with Crippen molar-refractivity contribution in [1.29, 1.82) is 0 Å². The Morgan fingerprint density at radius 3 is 2.83 bits per heavy atom. The second-order valence-corrected chi connectivity index (χ2v) is 4.98. The third-order valence-corrected chi connectivity index (χ3v) is 3.94. The molecule has 1 fully saturated rings. The number of isocyanates is 1. The van der Waals surface area contributed by atoms with Crippen LogP contribution < -0.4 is 0 Å². The molecular weight excluding hydrogens is 224 g/mol. The summed E-state index contributed by atoms with van der Waals surface area (Å²) in [6.45, 7) is 2.05. The summed E-state index contributed by atoms with van der Waals surface area (Å²) in [5.41, 5.74) is 1.96. The molecule has 0 N–H and O–H groups in total. The van der Waals surface area contributed by atoms with Crippen LogP contribution >= 0.6 is 0 Å². The minimum absolute atomic E-state index is 0.320. The van der Waals surface area contributed by atoms with E-state index in [1.165, 1.54) is 10.9 Å². The predicted octanol–water partition coefficient (Wildman–Crippen LogP) is 3.26. The molecule has 0 unspecified atom stereocenters. The monoisotopic (exact) mass is 238 g/mol. The number of fused-ring (bicyclic) bond motifs is 1. The molecule has 3 nitrogen and oxygen atoms in total. The SMILES string of the molecule is Cc1cncc2cc(C3(N=C=O)CCC3)ccc12. The molecule has 0 bridgehead atoms. The molecule has 3 heteroatoms. The quantitative estimate of drug-likeness (QED) is 0.595. The Kier molecular flexibility index (Phi) is 2.49. The van der Waals surface area contributed by atoms with E-state index in [1.807, 2.05) is 12.4 Å². The van der Waals surface area contributed by atoms with Gasteiger partial charge < -0.3 is 0 Å². The maximum absolute atomic E-state index is 10.6. The number of carbonyl (C=O) groups excluding carboxylic acids is 1. The zero-order chi connectivity index (χ0) is 12.6. The molecule has 1 aliphatic rings. The molecule has 0 atom stereocenters. The topological polar surface area (TPSA) is 42.3 Å². The summed E-state index contributed by atoms with van der Waals surface area (Å²) in [5, 5.41) is 2.32.